The van der Waals surface area contributed by atoms with E-state index in [0.29, 0.717) is 35.3 Å². The van der Waals surface area contributed by atoms with Gasteiger partial charge >= 0.3 is 5.97 Å². The SMILES string of the molecule is CCOC(=O)c1[nH]c(C)c(C(O)=C2C(=O)C(=O)N(CCCN(C)C)[C@@H]2c2cccnc2)c1C. The Morgan fingerprint density at radius 3 is 2.64 bits per heavy atom. The summed E-state index contributed by atoms with van der Waals surface area (Å²) in [4.78, 5) is 49.0. The molecule has 9 nitrogen and oxygen atoms in total. The molecule has 0 aromatic carbocycles. The lowest BCUT2D eigenvalue weighted by Gasteiger charge is -2.25. The van der Waals surface area contributed by atoms with E-state index in [9.17, 15) is 19.5 Å². The van der Waals surface area contributed by atoms with Crippen LogP contribution in [0.3, 0.4) is 0 Å². The Balaban J connectivity index is 2.13. The summed E-state index contributed by atoms with van der Waals surface area (Å²) >= 11 is 0. The lowest BCUT2D eigenvalue weighted by atomic mass is 9.95. The predicted octanol–water partition coefficient (Wildman–Crippen LogP) is 2.58. The number of aromatic nitrogens is 2. The molecule has 3 heterocycles. The second-order valence-corrected chi connectivity index (χ2v) is 8.28. The summed E-state index contributed by atoms with van der Waals surface area (Å²) < 4.78 is 5.08. The Kier molecular flexibility index (Phi) is 7.33. The summed E-state index contributed by atoms with van der Waals surface area (Å²) in [5.41, 5.74) is 2.08. The van der Waals surface area contributed by atoms with Gasteiger partial charge in [-0.1, -0.05) is 6.07 Å². The van der Waals surface area contributed by atoms with Gasteiger partial charge in [-0.2, -0.15) is 0 Å². The number of aryl methyl sites for hydroxylation is 1. The van der Waals surface area contributed by atoms with Crippen LogP contribution in [-0.2, 0) is 14.3 Å². The molecule has 1 fully saturated rings. The first-order chi connectivity index (χ1) is 15.7. The molecule has 0 unspecified atom stereocenters. The molecule has 2 aromatic heterocycles. The molecule has 2 aromatic rings. The Morgan fingerprint density at radius 1 is 1.30 bits per heavy atom. The molecule has 3 rings (SSSR count). The van der Waals surface area contributed by atoms with Crippen molar-refractivity contribution in [2.24, 2.45) is 0 Å². The fourth-order valence-corrected chi connectivity index (χ4v) is 4.20. The Morgan fingerprint density at radius 2 is 2.03 bits per heavy atom. The Bertz CT molecular complexity index is 1090. The zero-order valence-corrected chi connectivity index (χ0v) is 19.6. The summed E-state index contributed by atoms with van der Waals surface area (Å²) in [5, 5.41) is 11.3. The average molecular weight is 455 g/mol. The quantitative estimate of drug-likeness (QED) is 0.273. The molecular formula is C24H30N4O5. The first-order valence-corrected chi connectivity index (χ1v) is 10.9. The number of esters is 1. The lowest BCUT2D eigenvalue weighted by molar-refractivity contribution is -0.139. The fraction of sp³-hybridized carbons (Fsp3) is 0.417. The minimum absolute atomic E-state index is 0.0153. The molecule has 2 N–H and O–H groups in total. The molecule has 0 bridgehead atoms. The number of Topliss-reactive ketones (excluding diaryl/α,β-unsaturated/α-hetero) is 1. The molecule has 1 amide bonds. The summed E-state index contributed by atoms with van der Waals surface area (Å²) in [6, 6.07) is 2.72. The topological polar surface area (TPSA) is 116 Å². The van der Waals surface area contributed by atoms with Gasteiger partial charge in [-0.15, -0.1) is 0 Å². The highest BCUT2D eigenvalue weighted by molar-refractivity contribution is 6.46. The number of aliphatic hydroxyl groups excluding tert-OH is 1. The first-order valence-electron chi connectivity index (χ1n) is 10.9. The number of hydrogen-bond acceptors (Lipinski definition) is 7. The van der Waals surface area contributed by atoms with Crippen molar-refractivity contribution in [1.82, 2.24) is 19.8 Å². The number of rotatable bonds is 8. The maximum atomic E-state index is 13.1. The van der Waals surface area contributed by atoms with E-state index in [4.69, 9.17) is 4.74 Å². The predicted molar refractivity (Wildman–Crippen MR) is 123 cm³/mol. The molecule has 0 saturated carbocycles. The van der Waals surface area contributed by atoms with E-state index < -0.39 is 23.7 Å². The molecule has 1 aliphatic heterocycles. The number of likely N-dealkylation sites (tertiary alicyclic amines) is 1. The van der Waals surface area contributed by atoms with E-state index in [2.05, 4.69) is 9.97 Å². The largest absolute Gasteiger partial charge is 0.507 e. The molecule has 9 heteroatoms. The zero-order chi connectivity index (χ0) is 24.3. The lowest BCUT2D eigenvalue weighted by Crippen LogP contribution is -2.32. The zero-order valence-electron chi connectivity index (χ0n) is 19.6. The normalized spacial score (nSPS) is 17.8. The molecule has 1 aliphatic rings. The van der Waals surface area contributed by atoms with E-state index in [1.54, 1.807) is 45.3 Å². The molecular weight excluding hydrogens is 424 g/mol. The van der Waals surface area contributed by atoms with Crippen LogP contribution in [0.4, 0.5) is 0 Å². The fourth-order valence-electron chi connectivity index (χ4n) is 4.20. The van der Waals surface area contributed by atoms with E-state index in [0.717, 1.165) is 6.54 Å². The van der Waals surface area contributed by atoms with Gasteiger partial charge in [-0.3, -0.25) is 14.6 Å². The third-order valence-corrected chi connectivity index (χ3v) is 5.70. The van der Waals surface area contributed by atoms with Crippen LogP contribution >= 0.6 is 0 Å². The van der Waals surface area contributed by atoms with Crippen molar-refractivity contribution in [3.8, 4) is 0 Å². The van der Waals surface area contributed by atoms with Crippen LogP contribution in [0.1, 0.15) is 52.3 Å². The molecule has 176 valence electrons. The number of carbonyl (C=O) groups is 3. The van der Waals surface area contributed by atoms with E-state index in [1.807, 2.05) is 19.0 Å². The molecule has 1 atom stereocenters. The van der Waals surface area contributed by atoms with Crippen molar-refractivity contribution in [2.45, 2.75) is 33.2 Å². The van der Waals surface area contributed by atoms with Crippen LogP contribution in [0.2, 0.25) is 0 Å². The number of nitrogens with one attached hydrogen (secondary N) is 1. The molecule has 0 spiro atoms. The van der Waals surface area contributed by atoms with Crippen LogP contribution in [0.5, 0.6) is 0 Å². The molecule has 0 radical (unpaired) electrons. The van der Waals surface area contributed by atoms with Crippen molar-refractivity contribution in [1.29, 1.82) is 0 Å². The summed E-state index contributed by atoms with van der Waals surface area (Å²) in [5.74, 6) is -2.30. The van der Waals surface area contributed by atoms with Crippen LogP contribution < -0.4 is 0 Å². The van der Waals surface area contributed by atoms with Crippen molar-refractivity contribution in [2.75, 3.05) is 33.8 Å². The minimum Gasteiger partial charge on any atom is -0.507 e. The maximum Gasteiger partial charge on any atom is 0.355 e. The van der Waals surface area contributed by atoms with E-state index in [-0.39, 0.29) is 23.6 Å². The highest BCUT2D eigenvalue weighted by atomic mass is 16.5. The molecule has 1 saturated heterocycles. The van der Waals surface area contributed by atoms with E-state index in [1.165, 1.54) is 4.90 Å². The van der Waals surface area contributed by atoms with Crippen LogP contribution in [0, 0.1) is 13.8 Å². The number of nitrogens with zero attached hydrogens (tertiary/aromatic N) is 3. The minimum atomic E-state index is -0.777. The van der Waals surface area contributed by atoms with Gasteiger partial charge in [0.25, 0.3) is 11.7 Å². The van der Waals surface area contributed by atoms with Gasteiger partial charge in [0.1, 0.15) is 11.5 Å². The standard InChI is InChI=1S/C24H30N4O5/c1-6-33-24(32)19-14(2)17(15(3)26-19)21(29)18-20(16-9-7-10-25-13-16)28(23(31)22(18)30)12-8-11-27(4)5/h7,9-10,13,20,26,29H,6,8,11-12H2,1-5H3/t20-/m1/s1. The molecule has 0 aliphatic carbocycles. The number of hydrogen-bond donors (Lipinski definition) is 2. The first kappa shape index (κ1) is 24.2. The van der Waals surface area contributed by atoms with Gasteiger partial charge in [0.15, 0.2) is 0 Å². The van der Waals surface area contributed by atoms with Crippen LogP contribution in [-0.4, -0.2) is 76.3 Å². The van der Waals surface area contributed by atoms with Gasteiger partial charge in [-0.25, -0.2) is 4.79 Å². The van der Waals surface area contributed by atoms with Gasteiger partial charge in [0.05, 0.1) is 18.2 Å². The van der Waals surface area contributed by atoms with Crippen LogP contribution in [0.15, 0.2) is 30.1 Å². The van der Waals surface area contributed by atoms with Crippen LogP contribution in [0.25, 0.3) is 5.76 Å². The van der Waals surface area contributed by atoms with Crippen molar-refractivity contribution >= 4 is 23.4 Å². The second-order valence-electron chi connectivity index (χ2n) is 8.28. The van der Waals surface area contributed by atoms with E-state index >= 15 is 0 Å². The third-order valence-electron chi connectivity index (χ3n) is 5.70. The van der Waals surface area contributed by atoms with Crippen molar-refractivity contribution < 1.29 is 24.2 Å². The number of pyridine rings is 1. The Hall–Kier alpha value is -3.46. The number of carbonyl (C=O) groups excluding carboxylic acids is 3. The van der Waals surface area contributed by atoms with Gasteiger partial charge < -0.3 is 24.6 Å². The van der Waals surface area contributed by atoms with Gasteiger partial charge in [0.2, 0.25) is 0 Å². The van der Waals surface area contributed by atoms with Crippen molar-refractivity contribution in [3.05, 3.63) is 58.2 Å². The summed E-state index contributed by atoms with van der Waals surface area (Å²) in [6.45, 7) is 6.35. The second kappa shape index (κ2) is 9.99. The van der Waals surface area contributed by atoms with Crippen molar-refractivity contribution in [3.63, 3.8) is 0 Å². The number of aliphatic hydroxyl groups is 1. The number of aromatic amines is 1. The van der Waals surface area contributed by atoms with Gasteiger partial charge in [0, 0.05) is 30.2 Å². The number of ether oxygens (including phenoxy) is 1. The average Bonchev–Trinajstić information content (AvgIpc) is 3.21. The number of amides is 1. The number of H-pyrrole nitrogens is 1. The highest BCUT2D eigenvalue weighted by Gasteiger charge is 2.46. The summed E-state index contributed by atoms with van der Waals surface area (Å²) in [6.07, 6.45) is 3.85. The molecule has 33 heavy (non-hydrogen) atoms. The highest BCUT2D eigenvalue weighted by Crippen LogP contribution is 2.40. The summed E-state index contributed by atoms with van der Waals surface area (Å²) in [7, 11) is 3.87. The van der Waals surface area contributed by atoms with Gasteiger partial charge in [-0.05, 0) is 65.0 Å². The third kappa shape index (κ3) is 4.68. The number of ketones is 1. The Labute approximate surface area is 193 Å². The maximum absolute atomic E-state index is 13.1. The monoisotopic (exact) mass is 454 g/mol. The smallest absolute Gasteiger partial charge is 0.355 e.